The first-order chi connectivity index (χ1) is 32.0. The van der Waals surface area contributed by atoms with Gasteiger partial charge in [0.15, 0.2) is 0 Å². The molecule has 4 aromatic carbocycles. The normalized spacial score (nSPS) is 19.7. The van der Waals surface area contributed by atoms with Crippen molar-refractivity contribution in [2.24, 2.45) is 17.8 Å². The third kappa shape index (κ3) is 8.26. The number of hydrogen-bond acceptors (Lipinski definition) is 10. The van der Waals surface area contributed by atoms with E-state index >= 15 is 0 Å². The second kappa shape index (κ2) is 18.2. The van der Waals surface area contributed by atoms with Crippen LogP contribution in [0.4, 0.5) is 9.59 Å². The number of aromatic amines is 2. The number of aromatic nitrogens is 4. The van der Waals surface area contributed by atoms with E-state index in [9.17, 15) is 19.2 Å². The minimum absolute atomic E-state index is 0.0515. The summed E-state index contributed by atoms with van der Waals surface area (Å²) in [6.45, 7) is 5.32. The zero-order chi connectivity index (χ0) is 46.2. The van der Waals surface area contributed by atoms with Gasteiger partial charge < -0.3 is 49.3 Å². The molecule has 3 aliphatic rings. The van der Waals surface area contributed by atoms with E-state index in [0.717, 1.165) is 55.5 Å². The summed E-state index contributed by atoms with van der Waals surface area (Å²) in [5.74, 6) is 3.99. The third-order valence-electron chi connectivity index (χ3n) is 13.0. The Morgan fingerprint density at radius 3 is 2.36 bits per heavy atom. The largest absolute Gasteiger partial charge is 0.488 e. The molecule has 4 N–H and O–H groups in total. The van der Waals surface area contributed by atoms with Crippen LogP contribution in [0.2, 0.25) is 0 Å². The standard InChI is InChI=1S/C50H52N8O8/c1-7-28-17-39(57(23-28)47(59)42(27(2)3)55-49(61)64-5)45-51-22-38(53-45)32-13-15-34-33(19-32)26-66-41-21-35-31(20-36(34)41)14-16-37-44(35)54-46(52-37)40-18-29(25-63-4)24-58(40)48(60)43(56-50(62)65-6)30-11-9-8-10-12-30/h1,8-16,19-22,27-29,39-40,42-43H,17-18,23-26H2,2-6H3,(H,51,53)(H,52,54)(H,55,61)(H,56,62)/t28-,29-,39-,40-,42-,43+/m0/s1. The molecule has 6 aromatic rings. The number of rotatable bonds is 11. The molecule has 2 saturated heterocycles. The first-order valence-corrected chi connectivity index (χ1v) is 22.1. The van der Waals surface area contributed by atoms with Crippen molar-refractivity contribution in [2.75, 3.05) is 41.0 Å². The molecule has 66 heavy (non-hydrogen) atoms. The van der Waals surface area contributed by atoms with Gasteiger partial charge in [0.2, 0.25) is 5.91 Å². The van der Waals surface area contributed by atoms with E-state index in [1.165, 1.54) is 14.2 Å². The summed E-state index contributed by atoms with van der Waals surface area (Å²) in [5, 5.41) is 7.32. The molecule has 16 nitrogen and oxygen atoms in total. The number of imidazole rings is 2. The average Bonchev–Trinajstić information content (AvgIpc) is 4.17. The predicted molar refractivity (Wildman–Crippen MR) is 246 cm³/mol. The number of amides is 4. The van der Waals surface area contributed by atoms with E-state index in [4.69, 9.17) is 35.3 Å². The molecule has 340 valence electrons. The number of terminal acetylenes is 1. The molecule has 4 amide bonds. The molecule has 2 aromatic heterocycles. The number of ether oxygens (including phenoxy) is 4. The number of carbonyl (C=O) groups excluding carboxylic acids is 4. The van der Waals surface area contributed by atoms with E-state index in [1.807, 2.05) is 62.4 Å². The Labute approximate surface area is 381 Å². The topological polar surface area (TPSA) is 193 Å². The molecule has 3 aliphatic heterocycles. The van der Waals surface area contributed by atoms with Crippen LogP contribution in [0.25, 0.3) is 44.2 Å². The molecule has 0 saturated carbocycles. The van der Waals surface area contributed by atoms with Crippen LogP contribution in [0.15, 0.2) is 79.0 Å². The fourth-order valence-electron chi connectivity index (χ4n) is 9.68. The van der Waals surface area contributed by atoms with E-state index in [-0.39, 0.29) is 29.6 Å². The average molecular weight is 893 g/mol. The first kappa shape index (κ1) is 43.9. The summed E-state index contributed by atoms with van der Waals surface area (Å²) in [5.41, 5.74) is 6.92. The van der Waals surface area contributed by atoms with Crippen LogP contribution < -0.4 is 15.4 Å². The molecule has 0 radical (unpaired) electrons. The van der Waals surface area contributed by atoms with Crippen molar-refractivity contribution in [3.05, 3.63) is 102 Å². The molecule has 0 aliphatic carbocycles. The Balaban J connectivity index is 0.984. The van der Waals surface area contributed by atoms with Crippen LogP contribution in [0.5, 0.6) is 5.75 Å². The second-order valence-corrected chi connectivity index (χ2v) is 17.5. The third-order valence-corrected chi connectivity index (χ3v) is 13.0. The van der Waals surface area contributed by atoms with Gasteiger partial charge in [0, 0.05) is 43.0 Å². The summed E-state index contributed by atoms with van der Waals surface area (Å²) in [7, 11) is 4.19. The van der Waals surface area contributed by atoms with Gasteiger partial charge in [0.05, 0.1) is 55.8 Å². The number of H-pyrrole nitrogens is 2. The fraction of sp³-hybridized carbons (Fsp3) is 0.360. The van der Waals surface area contributed by atoms with E-state index < -0.39 is 36.4 Å². The lowest BCUT2D eigenvalue weighted by Gasteiger charge is -2.29. The maximum Gasteiger partial charge on any atom is 0.407 e. The number of nitrogens with zero attached hydrogens (tertiary/aromatic N) is 4. The SMILES string of the molecule is C#C[C@H]1C[C@@H](c2ncc(-c3ccc4c(c3)COc3cc5c(ccc6[nH]c([C@@H]7C[C@H](COC)CN7C(=O)[C@H](NC(=O)OC)c7ccccc7)nc65)cc3-4)[nH]2)N(C(=O)[C@@H](NC(=O)OC)C(C)C)C1. The van der Waals surface area contributed by atoms with Crippen LogP contribution in [-0.2, 0) is 30.4 Å². The van der Waals surface area contributed by atoms with Gasteiger partial charge in [-0.2, -0.15) is 0 Å². The second-order valence-electron chi connectivity index (χ2n) is 17.5. The minimum atomic E-state index is -0.961. The number of methoxy groups -OCH3 is 3. The van der Waals surface area contributed by atoms with Gasteiger partial charge in [-0.15, -0.1) is 12.3 Å². The summed E-state index contributed by atoms with van der Waals surface area (Å²) in [4.78, 5) is 73.3. The predicted octanol–water partition coefficient (Wildman–Crippen LogP) is 7.20. The number of fused-ring (bicyclic) bond motifs is 6. The van der Waals surface area contributed by atoms with Gasteiger partial charge in [0.1, 0.15) is 36.1 Å². The zero-order valence-electron chi connectivity index (χ0n) is 37.4. The van der Waals surface area contributed by atoms with E-state index in [0.29, 0.717) is 56.4 Å². The number of nitrogens with one attached hydrogen (secondary N) is 4. The van der Waals surface area contributed by atoms with Crippen LogP contribution in [0.3, 0.4) is 0 Å². The van der Waals surface area contributed by atoms with E-state index in [2.05, 4.69) is 50.8 Å². The van der Waals surface area contributed by atoms with Gasteiger partial charge in [0.25, 0.3) is 5.91 Å². The molecule has 16 heteroatoms. The fourth-order valence-corrected chi connectivity index (χ4v) is 9.68. The molecule has 5 heterocycles. The van der Waals surface area contributed by atoms with Gasteiger partial charge in [-0.3, -0.25) is 9.59 Å². The van der Waals surface area contributed by atoms with Gasteiger partial charge in [-0.25, -0.2) is 19.6 Å². The van der Waals surface area contributed by atoms with Crippen molar-refractivity contribution < 1.29 is 38.1 Å². The summed E-state index contributed by atoms with van der Waals surface area (Å²) in [6.07, 6.45) is 7.41. The molecule has 6 atom stereocenters. The number of alkyl carbamates (subject to hydrolysis) is 2. The van der Waals surface area contributed by atoms with Crippen molar-refractivity contribution in [3.63, 3.8) is 0 Å². The Hall–Kier alpha value is -7.38. The highest BCUT2D eigenvalue weighted by molar-refractivity contribution is 6.07. The maximum atomic E-state index is 14.4. The lowest BCUT2D eigenvalue weighted by molar-refractivity contribution is -0.136. The van der Waals surface area contributed by atoms with Crippen molar-refractivity contribution >= 4 is 45.8 Å². The molecule has 0 bridgehead atoms. The Morgan fingerprint density at radius 2 is 1.62 bits per heavy atom. The molecular weight excluding hydrogens is 841 g/mol. The monoisotopic (exact) mass is 892 g/mol. The Morgan fingerprint density at radius 1 is 0.864 bits per heavy atom. The van der Waals surface area contributed by atoms with Gasteiger partial charge >= 0.3 is 12.2 Å². The van der Waals surface area contributed by atoms with Gasteiger partial charge in [-0.05, 0) is 70.7 Å². The minimum Gasteiger partial charge on any atom is -0.488 e. The summed E-state index contributed by atoms with van der Waals surface area (Å²) >= 11 is 0. The highest BCUT2D eigenvalue weighted by Crippen LogP contribution is 2.44. The zero-order valence-corrected chi connectivity index (χ0v) is 37.4. The lowest BCUT2D eigenvalue weighted by atomic mass is 9.92. The van der Waals surface area contributed by atoms with Crippen LogP contribution in [0, 0.1) is 30.1 Å². The summed E-state index contributed by atoms with van der Waals surface area (Å²) < 4.78 is 21.7. The van der Waals surface area contributed by atoms with Gasteiger partial charge in [-0.1, -0.05) is 62.4 Å². The van der Waals surface area contributed by atoms with Crippen molar-refractivity contribution in [1.82, 2.24) is 40.4 Å². The molecule has 0 unspecified atom stereocenters. The molecule has 9 rings (SSSR count). The number of carbonyl (C=O) groups is 4. The van der Waals surface area contributed by atoms with E-state index in [1.54, 1.807) is 23.1 Å². The smallest absolute Gasteiger partial charge is 0.407 e. The maximum absolute atomic E-state index is 14.4. The Bertz CT molecular complexity index is 2870. The number of hydrogen-bond donors (Lipinski definition) is 4. The first-order valence-electron chi connectivity index (χ1n) is 22.1. The molecule has 0 spiro atoms. The number of likely N-dealkylation sites (tertiary alicyclic amines) is 2. The van der Waals surface area contributed by atoms with Crippen LogP contribution in [-0.4, -0.2) is 101 Å². The summed E-state index contributed by atoms with van der Waals surface area (Å²) in [6, 6.07) is 21.0. The molecule has 2 fully saturated rings. The quantitative estimate of drug-likeness (QED) is 0.0967. The van der Waals surface area contributed by atoms with Crippen molar-refractivity contribution in [3.8, 4) is 40.5 Å². The van der Waals surface area contributed by atoms with Crippen molar-refractivity contribution in [1.29, 1.82) is 0 Å². The molecular formula is C50H52N8O8. The number of benzene rings is 4. The van der Waals surface area contributed by atoms with Crippen molar-refractivity contribution in [2.45, 2.75) is 57.5 Å². The highest BCUT2D eigenvalue weighted by Gasteiger charge is 2.43. The van der Waals surface area contributed by atoms with Crippen LogP contribution in [0.1, 0.15) is 67.6 Å². The lowest BCUT2D eigenvalue weighted by Crippen LogP contribution is -2.51. The van der Waals surface area contributed by atoms with Crippen LogP contribution >= 0.6 is 0 Å². The highest BCUT2D eigenvalue weighted by atomic mass is 16.5. The Kier molecular flexibility index (Phi) is 12.1.